The third kappa shape index (κ3) is 6.89. The second-order valence-electron chi connectivity index (χ2n) is 6.87. The van der Waals surface area contributed by atoms with Gasteiger partial charge in [0.1, 0.15) is 5.82 Å². The Balaban J connectivity index is 1.74. The molecular formula is C19H25N5O6S. The standard InChI is InChI=1S/C19H25N5O6S/c1-13-21-17(11-24(13)4)31(28,29)20-10-9-18(26)30-12-16(25)22-15-7-5-14(6-8-15)19(27)23(2)3/h5-8,11,20H,9-10,12H2,1-4H3,(H,22,25). The summed E-state index contributed by atoms with van der Waals surface area (Å²) in [5.74, 6) is -0.933. The fraction of sp³-hybridized carbons (Fsp3) is 0.368. The first kappa shape index (κ1) is 24.0. The molecule has 0 aliphatic heterocycles. The Morgan fingerprint density at radius 3 is 2.35 bits per heavy atom. The van der Waals surface area contributed by atoms with Crippen molar-refractivity contribution in [2.45, 2.75) is 18.4 Å². The summed E-state index contributed by atoms with van der Waals surface area (Å²) in [5, 5.41) is 2.40. The zero-order valence-electron chi connectivity index (χ0n) is 17.7. The van der Waals surface area contributed by atoms with Crippen LogP contribution in [0.25, 0.3) is 0 Å². The van der Waals surface area contributed by atoms with E-state index < -0.39 is 28.5 Å². The van der Waals surface area contributed by atoms with Crippen LogP contribution in [0.1, 0.15) is 22.6 Å². The number of aryl methyl sites for hydroxylation is 2. The molecule has 2 amide bonds. The van der Waals surface area contributed by atoms with Gasteiger partial charge in [0.2, 0.25) is 0 Å². The van der Waals surface area contributed by atoms with Crippen LogP contribution in [0.5, 0.6) is 0 Å². The summed E-state index contributed by atoms with van der Waals surface area (Å²) < 4.78 is 32.9. The molecule has 1 heterocycles. The predicted molar refractivity (Wildman–Crippen MR) is 112 cm³/mol. The van der Waals surface area contributed by atoms with Crippen LogP contribution in [0, 0.1) is 6.92 Å². The van der Waals surface area contributed by atoms with Crippen molar-refractivity contribution in [3.8, 4) is 0 Å². The Kier molecular flexibility index (Phi) is 7.89. The summed E-state index contributed by atoms with van der Waals surface area (Å²) in [4.78, 5) is 40.9. The summed E-state index contributed by atoms with van der Waals surface area (Å²) >= 11 is 0. The molecule has 31 heavy (non-hydrogen) atoms. The summed E-state index contributed by atoms with van der Waals surface area (Å²) in [7, 11) is 1.10. The van der Waals surface area contributed by atoms with E-state index in [1.807, 2.05) is 0 Å². The minimum absolute atomic E-state index is 0.140. The number of ether oxygens (including phenoxy) is 1. The third-order valence-electron chi connectivity index (χ3n) is 4.17. The fourth-order valence-corrected chi connectivity index (χ4v) is 3.45. The number of hydrogen-bond donors (Lipinski definition) is 2. The molecule has 2 N–H and O–H groups in total. The van der Waals surface area contributed by atoms with Crippen molar-refractivity contribution < 1.29 is 27.5 Å². The topological polar surface area (TPSA) is 140 Å². The summed E-state index contributed by atoms with van der Waals surface area (Å²) in [6.07, 6.45) is 1.11. The molecule has 0 radical (unpaired) electrons. The van der Waals surface area contributed by atoms with E-state index in [2.05, 4.69) is 15.0 Å². The van der Waals surface area contributed by atoms with Gasteiger partial charge in [0, 0.05) is 45.1 Å². The Hall–Kier alpha value is -3.25. The first-order valence-electron chi connectivity index (χ1n) is 9.26. The number of esters is 1. The van der Waals surface area contributed by atoms with Crippen LogP contribution in [0.15, 0.2) is 35.5 Å². The van der Waals surface area contributed by atoms with Gasteiger partial charge in [0.15, 0.2) is 11.6 Å². The van der Waals surface area contributed by atoms with Crippen LogP contribution in [0.2, 0.25) is 0 Å². The van der Waals surface area contributed by atoms with Crippen LogP contribution >= 0.6 is 0 Å². The van der Waals surface area contributed by atoms with Gasteiger partial charge in [-0.25, -0.2) is 18.1 Å². The lowest BCUT2D eigenvalue weighted by Gasteiger charge is -2.11. The van der Waals surface area contributed by atoms with E-state index in [-0.39, 0.29) is 23.9 Å². The molecule has 0 saturated heterocycles. The van der Waals surface area contributed by atoms with E-state index in [1.54, 1.807) is 56.9 Å². The molecule has 12 heteroatoms. The zero-order chi connectivity index (χ0) is 23.2. The molecule has 0 fully saturated rings. The number of rotatable bonds is 9. The Morgan fingerprint density at radius 1 is 1.16 bits per heavy atom. The Morgan fingerprint density at radius 2 is 1.81 bits per heavy atom. The van der Waals surface area contributed by atoms with Crippen molar-refractivity contribution >= 4 is 33.5 Å². The lowest BCUT2D eigenvalue weighted by atomic mass is 10.2. The quantitative estimate of drug-likeness (QED) is 0.522. The fourth-order valence-electron chi connectivity index (χ4n) is 2.39. The van der Waals surface area contributed by atoms with Gasteiger partial charge in [-0.2, -0.15) is 0 Å². The molecule has 11 nitrogen and oxygen atoms in total. The van der Waals surface area contributed by atoms with Gasteiger partial charge in [0.25, 0.3) is 21.8 Å². The molecule has 0 spiro atoms. The highest BCUT2D eigenvalue weighted by molar-refractivity contribution is 7.89. The van der Waals surface area contributed by atoms with E-state index >= 15 is 0 Å². The average molecular weight is 452 g/mol. The molecule has 0 aliphatic carbocycles. The highest BCUT2D eigenvalue weighted by Crippen LogP contribution is 2.11. The number of sulfonamides is 1. The number of anilines is 1. The number of nitrogens with one attached hydrogen (secondary N) is 2. The Bertz CT molecular complexity index is 1040. The van der Waals surface area contributed by atoms with Gasteiger partial charge in [-0.15, -0.1) is 0 Å². The molecule has 2 rings (SSSR count). The molecule has 0 aliphatic rings. The molecule has 168 valence electrons. The van der Waals surface area contributed by atoms with Crippen molar-refractivity contribution in [1.29, 1.82) is 0 Å². The number of carbonyl (C=O) groups excluding carboxylic acids is 3. The van der Waals surface area contributed by atoms with E-state index in [0.29, 0.717) is 17.1 Å². The molecular weight excluding hydrogens is 426 g/mol. The van der Waals surface area contributed by atoms with E-state index in [0.717, 1.165) is 0 Å². The van der Waals surface area contributed by atoms with Crippen molar-refractivity contribution in [2.24, 2.45) is 7.05 Å². The second kappa shape index (κ2) is 10.2. The highest BCUT2D eigenvalue weighted by Gasteiger charge is 2.19. The maximum atomic E-state index is 12.1. The van der Waals surface area contributed by atoms with Gasteiger partial charge < -0.3 is 19.5 Å². The van der Waals surface area contributed by atoms with Crippen LogP contribution < -0.4 is 10.0 Å². The predicted octanol–water partition coefficient (Wildman–Crippen LogP) is 0.281. The normalized spacial score (nSPS) is 11.1. The van der Waals surface area contributed by atoms with Gasteiger partial charge in [0.05, 0.1) is 6.42 Å². The highest BCUT2D eigenvalue weighted by atomic mass is 32.2. The van der Waals surface area contributed by atoms with Crippen LogP contribution in [-0.2, 0) is 31.4 Å². The van der Waals surface area contributed by atoms with Crippen LogP contribution in [-0.4, -0.2) is 67.9 Å². The van der Waals surface area contributed by atoms with Crippen LogP contribution in [0.4, 0.5) is 5.69 Å². The summed E-state index contributed by atoms with van der Waals surface area (Å²) in [5.41, 5.74) is 0.910. The van der Waals surface area contributed by atoms with E-state index in [4.69, 9.17) is 4.74 Å². The molecule has 1 aromatic heterocycles. The number of imidazole rings is 1. The summed E-state index contributed by atoms with van der Waals surface area (Å²) in [6.45, 7) is 0.947. The number of hydrogen-bond acceptors (Lipinski definition) is 7. The monoisotopic (exact) mass is 451 g/mol. The van der Waals surface area contributed by atoms with E-state index in [1.165, 1.54) is 11.1 Å². The molecule has 0 atom stereocenters. The number of amides is 2. The molecule has 1 aromatic carbocycles. The minimum atomic E-state index is -3.84. The number of benzene rings is 1. The van der Waals surface area contributed by atoms with Gasteiger partial charge >= 0.3 is 5.97 Å². The lowest BCUT2D eigenvalue weighted by Crippen LogP contribution is -2.28. The zero-order valence-corrected chi connectivity index (χ0v) is 18.5. The largest absolute Gasteiger partial charge is 0.456 e. The van der Waals surface area contributed by atoms with E-state index in [9.17, 15) is 22.8 Å². The minimum Gasteiger partial charge on any atom is -0.456 e. The smallest absolute Gasteiger partial charge is 0.307 e. The molecule has 0 saturated carbocycles. The lowest BCUT2D eigenvalue weighted by molar-refractivity contribution is -0.147. The maximum Gasteiger partial charge on any atom is 0.307 e. The molecule has 0 unspecified atom stereocenters. The van der Waals surface area contributed by atoms with Crippen LogP contribution in [0.3, 0.4) is 0 Å². The van der Waals surface area contributed by atoms with Gasteiger partial charge in [-0.1, -0.05) is 0 Å². The van der Waals surface area contributed by atoms with Crippen molar-refractivity contribution in [3.63, 3.8) is 0 Å². The van der Waals surface area contributed by atoms with Gasteiger partial charge in [-0.05, 0) is 31.2 Å². The number of carbonyl (C=O) groups is 3. The third-order valence-corrected chi connectivity index (χ3v) is 5.50. The molecule has 2 aromatic rings. The maximum absolute atomic E-state index is 12.1. The average Bonchev–Trinajstić information content (AvgIpc) is 3.05. The SMILES string of the molecule is Cc1nc(S(=O)(=O)NCCC(=O)OCC(=O)Nc2ccc(C(=O)N(C)C)cc2)cn1C. The number of aromatic nitrogens is 2. The first-order valence-corrected chi connectivity index (χ1v) is 10.7. The molecule has 0 bridgehead atoms. The van der Waals surface area contributed by atoms with Crippen molar-refractivity contribution in [1.82, 2.24) is 19.2 Å². The van der Waals surface area contributed by atoms with Crippen molar-refractivity contribution in [2.75, 3.05) is 32.6 Å². The Labute approximate surface area is 180 Å². The van der Waals surface area contributed by atoms with Crippen molar-refractivity contribution in [3.05, 3.63) is 41.9 Å². The second-order valence-corrected chi connectivity index (χ2v) is 8.58. The van der Waals surface area contributed by atoms with Gasteiger partial charge in [-0.3, -0.25) is 14.4 Å². The first-order chi connectivity index (χ1) is 14.5. The number of nitrogens with zero attached hydrogens (tertiary/aromatic N) is 3. The summed E-state index contributed by atoms with van der Waals surface area (Å²) in [6, 6.07) is 6.26.